The SMILES string of the molecule is COc1cc(/C=C2\C(=O)NC(=O)N(c3cccc(F)c3)C2=O)ccc1OCc1cccc([N+](=O)[O-])c1. The molecule has 4 rings (SSSR count). The number of barbiturate groups is 1. The molecule has 0 unspecified atom stereocenters. The van der Waals surface area contributed by atoms with E-state index in [0.717, 1.165) is 12.1 Å². The zero-order chi connectivity index (χ0) is 25.8. The number of hydrogen-bond acceptors (Lipinski definition) is 7. The van der Waals surface area contributed by atoms with Crippen LogP contribution in [0.3, 0.4) is 0 Å². The van der Waals surface area contributed by atoms with Crippen LogP contribution in [0.4, 0.5) is 20.6 Å². The number of rotatable bonds is 7. The first-order chi connectivity index (χ1) is 17.3. The molecule has 0 atom stereocenters. The minimum absolute atomic E-state index is 0.0293. The second-order valence-corrected chi connectivity index (χ2v) is 7.56. The maximum Gasteiger partial charge on any atom is 0.335 e. The molecule has 1 saturated heterocycles. The highest BCUT2D eigenvalue weighted by Crippen LogP contribution is 2.31. The van der Waals surface area contributed by atoms with Gasteiger partial charge in [-0.2, -0.15) is 0 Å². The number of imide groups is 2. The summed E-state index contributed by atoms with van der Waals surface area (Å²) >= 11 is 0. The summed E-state index contributed by atoms with van der Waals surface area (Å²) in [5.74, 6) is -1.87. The van der Waals surface area contributed by atoms with Gasteiger partial charge in [-0.15, -0.1) is 0 Å². The fraction of sp³-hybridized carbons (Fsp3) is 0.0800. The van der Waals surface area contributed by atoms with Crippen molar-refractivity contribution in [3.05, 3.63) is 99.4 Å². The van der Waals surface area contributed by atoms with E-state index < -0.39 is 28.6 Å². The van der Waals surface area contributed by atoms with Crippen molar-refractivity contribution in [2.45, 2.75) is 6.61 Å². The molecule has 1 aliphatic rings. The van der Waals surface area contributed by atoms with Gasteiger partial charge in [-0.3, -0.25) is 25.0 Å². The average molecular weight is 491 g/mol. The molecule has 0 saturated carbocycles. The number of hydrogen-bond donors (Lipinski definition) is 1. The summed E-state index contributed by atoms with van der Waals surface area (Å²) in [6.07, 6.45) is 1.27. The number of nitrogens with one attached hydrogen (secondary N) is 1. The molecule has 1 N–H and O–H groups in total. The van der Waals surface area contributed by atoms with Crippen LogP contribution in [0.5, 0.6) is 11.5 Å². The van der Waals surface area contributed by atoms with E-state index in [9.17, 15) is 28.9 Å². The summed E-state index contributed by atoms with van der Waals surface area (Å²) < 4.78 is 24.7. The zero-order valence-electron chi connectivity index (χ0n) is 18.8. The Hall–Kier alpha value is -5.06. The van der Waals surface area contributed by atoms with Crippen molar-refractivity contribution in [3.63, 3.8) is 0 Å². The summed E-state index contributed by atoms with van der Waals surface area (Å²) in [7, 11) is 1.40. The Labute approximate surface area is 203 Å². The largest absolute Gasteiger partial charge is 0.493 e. The van der Waals surface area contributed by atoms with Crippen molar-refractivity contribution in [2.75, 3.05) is 12.0 Å². The molecule has 1 aliphatic heterocycles. The number of carbonyl (C=O) groups excluding carboxylic acids is 3. The van der Waals surface area contributed by atoms with Gasteiger partial charge in [-0.25, -0.2) is 14.1 Å². The lowest BCUT2D eigenvalue weighted by Gasteiger charge is -2.26. The predicted molar refractivity (Wildman–Crippen MR) is 126 cm³/mol. The number of non-ortho nitro benzene ring substituents is 1. The van der Waals surface area contributed by atoms with E-state index in [-0.39, 0.29) is 29.3 Å². The van der Waals surface area contributed by atoms with Crippen LogP contribution in [0, 0.1) is 15.9 Å². The van der Waals surface area contributed by atoms with Crippen LogP contribution in [-0.2, 0) is 16.2 Å². The van der Waals surface area contributed by atoms with E-state index >= 15 is 0 Å². The third-order valence-electron chi connectivity index (χ3n) is 5.18. The van der Waals surface area contributed by atoms with E-state index in [1.54, 1.807) is 24.3 Å². The fourth-order valence-corrected chi connectivity index (χ4v) is 3.49. The third kappa shape index (κ3) is 5.04. The standard InChI is InChI=1S/C25H18FN3O7/c1-35-22-12-15(8-9-21(22)36-14-16-4-2-7-19(10-16)29(33)34)11-20-23(30)27-25(32)28(24(20)31)18-6-3-5-17(26)13-18/h2-13H,14H2,1H3,(H,27,30,32)/b20-11+. The van der Waals surface area contributed by atoms with Gasteiger partial charge in [0.25, 0.3) is 17.5 Å². The molecular formula is C25H18FN3O7. The van der Waals surface area contributed by atoms with Gasteiger partial charge in [-0.05, 0) is 47.5 Å². The Bertz CT molecular complexity index is 1420. The Morgan fingerprint density at radius 3 is 2.53 bits per heavy atom. The van der Waals surface area contributed by atoms with Crippen LogP contribution in [0.15, 0.2) is 72.3 Å². The average Bonchev–Trinajstić information content (AvgIpc) is 2.85. The summed E-state index contributed by atoms with van der Waals surface area (Å²) in [6, 6.07) is 14.5. The van der Waals surface area contributed by atoms with E-state index in [4.69, 9.17) is 9.47 Å². The van der Waals surface area contributed by atoms with Crippen LogP contribution in [-0.4, -0.2) is 29.9 Å². The van der Waals surface area contributed by atoms with Crippen LogP contribution in [0.1, 0.15) is 11.1 Å². The van der Waals surface area contributed by atoms with E-state index in [0.29, 0.717) is 21.8 Å². The molecule has 11 heteroatoms. The number of carbonyl (C=O) groups is 3. The van der Waals surface area contributed by atoms with Crippen LogP contribution >= 0.6 is 0 Å². The van der Waals surface area contributed by atoms with Crippen molar-refractivity contribution < 1.29 is 33.2 Å². The molecule has 0 aromatic heterocycles. The first-order valence-electron chi connectivity index (χ1n) is 10.5. The van der Waals surface area contributed by atoms with Crippen molar-refractivity contribution in [1.82, 2.24) is 5.32 Å². The van der Waals surface area contributed by atoms with Gasteiger partial charge >= 0.3 is 6.03 Å². The molecular weight excluding hydrogens is 473 g/mol. The van der Waals surface area contributed by atoms with Crippen molar-refractivity contribution in [3.8, 4) is 11.5 Å². The molecule has 1 fully saturated rings. The molecule has 182 valence electrons. The van der Waals surface area contributed by atoms with Crippen molar-refractivity contribution in [2.24, 2.45) is 0 Å². The summed E-state index contributed by atoms with van der Waals surface area (Å²) in [4.78, 5) is 48.8. The minimum atomic E-state index is -0.991. The second kappa shape index (κ2) is 10.1. The lowest BCUT2D eigenvalue weighted by atomic mass is 10.1. The number of halogens is 1. The lowest BCUT2D eigenvalue weighted by molar-refractivity contribution is -0.384. The zero-order valence-corrected chi connectivity index (χ0v) is 18.8. The number of ether oxygens (including phenoxy) is 2. The normalized spacial score (nSPS) is 14.6. The van der Waals surface area contributed by atoms with Gasteiger partial charge in [-0.1, -0.05) is 24.3 Å². The third-order valence-corrected chi connectivity index (χ3v) is 5.18. The highest BCUT2D eigenvalue weighted by Gasteiger charge is 2.37. The molecule has 0 radical (unpaired) electrons. The molecule has 0 spiro atoms. The number of amides is 4. The number of urea groups is 1. The van der Waals surface area contributed by atoms with Crippen molar-refractivity contribution >= 4 is 35.3 Å². The quantitative estimate of drug-likeness (QED) is 0.229. The van der Waals surface area contributed by atoms with E-state index in [1.165, 1.54) is 43.5 Å². The number of anilines is 1. The first kappa shape index (κ1) is 24.1. The van der Waals surface area contributed by atoms with Crippen LogP contribution < -0.4 is 19.7 Å². The van der Waals surface area contributed by atoms with Gasteiger partial charge in [0, 0.05) is 12.1 Å². The highest BCUT2D eigenvalue weighted by molar-refractivity contribution is 6.39. The predicted octanol–water partition coefficient (Wildman–Crippen LogP) is 3.99. The van der Waals surface area contributed by atoms with E-state index in [1.807, 2.05) is 0 Å². The number of nitro groups is 1. The molecule has 3 aromatic rings. The summed E-state index contributed by atoms with van der Waals surface area (Å²) in [5, 5.41) is 13.0. The smallest absolute Gasteiger partial charge is 0.335 e. The number of nitro benzene ring substituents is 1. The van der Waals surface area contributed by atoms with E-state index in [2.05, 4.69) is 5.32 Å². The minimum Gasteiger partial charge on any atom is -0.493 e. The molecule has 1 heterocycles. The van der Waals surface area contributed by atoms with Crippen LogP contribution in [0.2, 0.25) is 0 Å². The molecule has 3 aromatic carbocycles. The first-order valence-corrected chi connectivity index (χ1v) is 10.5. The number of nitrogens with zero attached hydrogens (tertiary/aromatic N) is 2. The maximum absolute atomic E-state index is 13.6. The summed E-state index contributed by atoms with van der Waals surface area (Å²) in [5.41, 5.74) is 0.529. The molecule has 0 bridgehead atoms. The van der Waals surface area contributed by atoms with Gasteiger partial charge in [0.2, 0.25) is 0 Å². The van der Waals surface area contributed by atoms with Gasteiger partial charge in [0.1, 0.15) is 18.0 Å². The molecule has 10 nitrogen and oxygen atoms in total. The van der Waals surface area contributed by atoms with Crippen molar-refractivity contribution in [1.29, 1.82) is 0 Å². The Balaban J connectivity index is 1.58. The Morgan fingerprint density at radius 1 is 1.03 bits per heavy atom. The second-order valence-electron chi connectivity index (χ2n) is 7.56. The molecule has 4 amide bonds. The topological polar surface area (TPSA) is 128 Å². The van der Waals surface area contributed by atoms with Gasteiger partial charge < -0.3 is 9.47 Å². The van der Waals surface area contributed by atoms with Gasteiger partial charge in [0.05, 0.1) is 17.7 Å². The molecule has 36 heavy (non-hydrogen) atoms. The Kier molecular flexibility index (Phi) is 6.72. The summed E-state index contributed by atoms with van der Waals surface area (Å²) in [6.45, 7) is 0.0318. The van der Waals surface area contributed by atoms with Gasteiger partial charge in [0.15, 0.2) is 11.5 Å². The number of benzene rings is 3. The monoisotopic (exact) mass is 491 g/mol. The number of methoxy groups -OCH3 is 1. The maximum atomic E-state index is 13.6. The van der Waals surface area contributed by atoms with Crippen LogP contribution in [0.25, 0.3) is 6.08 Å². The molecule has 0 aliphatic carbocycles. The lowest BCUT2D eigenvalue weighted by Crippen LogP contribution is -2.54. The Morgan fingerprint density at radius 2 is 1.81 bits per heavy atom. The fourth-order valence-electron chi connectivity index (χ4n) is 3.49. The highest BCUT2D eigenvalue weighted by atomic mass is 19.1.